The molecule has 0 unspecified atom stereocenters. The van der Waals surface area contributed by atoms with Gasteiger partial charge in [-0.15, -0.1) is 0 Å². The van der Waals surface area contributed by atoms with Gasteiger partial charge in [-0.1, -0.05) is 16.8 Å². The van der Waals surface area contributed by atoms with Crippen molar-refractivity contribution in [2.75, 3.05) is 0 Å². The van der Waals surface area contributed by atoms with E-state index in [1.165, 1.54) is 11.8 Å². The van der Waals surface area contributed by atoms with Crippen molar-refractivity contribution in [3.63, 3.8) is 0 Å². The van der Waals surface area contributed by atoms with Crippen molar-refractivity contribution in [3.8, 4) is 22.8 Å². The van der Waals surface area contributed by atoms with Crippen molar-refractivity contribution in [2.24, 2.45) is 7.05 Å². The Labute approximate surface area is 194 Å². The van der Waals surface area contributed by atoms with Crippen LogP contribution in [-0.2, 0) is 12.6 Å². The first-order chi connectivity index (χ1) is 15.3. The van der Waals surface area contributed by atoms with Crippen LogP contribution in [0, 0.1) is 0 Å². The molecule has 9 heteroatoms. The van der Waals surface area contributed by atoms with Crippen LogP contribution in [0.2, 0.25) is 5.02 Å². The monoisotopic (exact) mass is 467 g/mol. The SMILES string of the molecule is Cn1c(-c2cc(C3CC3)on2)nc(-c2ccc(C(C)(C)O)nc2)c1Sc1ccc(Cl)cn1. The van der Waals surface area contributed by atoms with Crippen LogP contribution in [0.15, 0.2) is 57.3 Å². The number of rotatable bonds is 6. The summed E-state index contributed by atoms with van der Waals surface area (Å²) in [6, 6.07) is 9.41. The summed E-state index contributed by atoms with van der Waals surface area (Å²) >= 11 is 7.50. The minimum atomic E-state index is -1.02. The Morgan fingerprint density at radius 1 is 1.16 bits per heavy atom. The second-order valence-corrected chi connectivity index (χ2v) is 9.89. The molecule has 4 heterocycles. The lowest BCUT2D eigenvalue weighted by molar-refractivity contribution is 0.0739. The highest BCUT2D eigenvalue weighted by atomic mass is 35.5. The molecule has 0 saturated heterocycles. The Balaban J connectivity index is 1.58. The van der Waals surface area contributed by atoms with Crippen LogP contribution in [0.25, 0.3) is 22.8 Å². The molecule has 0 amide bonds. The van der Waals surface area contributed by atoms with Gasteiger partial charge in [0.2, 0.25) is 0 Å². The van der Waals surface area contributed by atoms with Crippen LogP contribution in [-0.4, -0.2) is 29.8 Å². The van der Waals surface area contributed by atoms with E-state index in [2.05, 4.69) is 15.1 Å². The van der Waals surface area contributed by atoms with Crippen molar-refractivity contribution < 1.29 is 9.63 Å². The fourth-order valence-electron chi connectivity index (χ4n) is 3.39. The molecule has 0 spiro atoms. The van der Waals surface area contributed by atoms with Crippen molar-refractivity contribution in [1.82, 2.24) is 24.7 Å². The van der Waals surface area contributed by atoms with Crippen LogP contribution in [0.1, 0.15) is 44.1 Å². The average molecular weight is 468 g/mol. The maximum Gasteiger partial charge on any atom is 0.163 e. The Bertz CT molecular complexity index is 1260. The van der Waals surface area contributed by atoms with Gasteiger partial charge in [-0.2, -0.15) is 0 Å². The number of pyridine rings is 2. The van der Waals surface area contributed by atoms with E-state index < -0.39 is 5.60 Å². The van der Waals surface area contributed by atoms with Crippen LogP contribution in [0.5, 0.6) is 0 Å². The van der Waals surface area contributed by atoms with Gasteiger partial charge < -0.3 is 14.2 Å². The highest BCUT2D eigenvalue weighted by molar-refractivity contribution is 7.99. The summed E-state index contributed by atoms with van der Waals surface area (Å²) in [7, 11) is 1.95. The molecule has 1 fully saturated rings. The van der Waals surface area contributed by atoms with E-state index in [9.17, 15) is 5.11 Å². The van der Waals surface area contributed by atoms with E-state index in [0.29, 0.717) is 28.2 Å². The second kappa shape index (κ2) is 8.03. The van der Waals surface area contributed by atoms with Crippen molar-refractivity contribution in [2.45, 2.75) is 48.3 Å². The van der Waals surface area contributed by atoms with Crippen molar-refractivity contribution in [3.05, 3.63) is 59.2 Å². The number of halogens is 1. The quantitative estimate of drug-likeness (QED) is 0.403. The molecule has 0 aliphatic heterocycles. The first kappa shape index (κ1) is 21.2. The molecule has 0 atom stereocenters. The third kappa shape index (κ3) is 4.18. The summed E-state index contributed by atoms with van der Waals surface area (Å²) in [5.41, 5.74) is 1.87. The Hall–Kier alpha value is -2.68. The fraction of sp³-hybridized carbons (Fsp3) is 0.304. The van der Waals surface area contributed by atoms with E-state index in [4.69, 9.17) is 21.1 Å². The van der Waals surface area contributed by atoms with Gasteiger partial charge in [0.15, 0.2) is 5.82 Å². The third-order valence-electron chi connectivity index (χ3n) is 5.35. The van der Waals surface area contributed by atoms with E-state index in [1.54, 1.807) is 26.2 Å². The van der Waals surface area contributed by atoms with E-state index >= 15 is 0 Å². The molecule has 1 aliphatic rings. The molecular weight excluding hydrogens is 446 g/mol. The molecule has 1 aliphatic carbocycles. The van der Waals surface area contributed by atoms with Gasteiger partial charge in [-0.05, 0) is 62.7 Å². The molecule has 4 aromatic rings. The summed E-state index contributed by atoms with van der Waals surface area (Å²) < 4.78 is 7.55. The molecule has 32 heavy (non-hydrogen) atoms. The van der Waals surface area contributed by atoms with E-state index in [-0.39, 0.29) is 0 Å². The smallest absolute Gasteiger partial charge is 0.163 e. The predicted molar refractivity (Wildman–Crippen MR) is 123 cm³/mol. The predicted octanol–water partition coefficient (Wildman–Crippen LogP) is 5.44. The van der Waals surface area contributed by atoms with Crippen LogP contribution in [0.4, 0.5) is 0 Å². The molecule has 5 rings (SSSR count). The topological polar surface area (TPSA) is 89.9 Å². The summed E-state index contributed by atoms with van der Waals surface area (Å²) in [6.45, 7) is 3.42. The summed E-state index contributed by atoms with van der Waals surface area (Å²) in [4.78, 5) is 13.8. The van der Waals surface area contributed by atoms with Crippen molar-refractivity contribution in [1.29, 1.82) is 0 Å². The fourth-order valence-corrected chi connectivity index (χ4v) is 4.43. The summed E-state index contributed by atoms with van der Waals surface area (Å²) in [6.07, 6.45) is 5.64. The minimum Gasteiger partial charge on any atom is -0.384 e. The Morgan fingerprint density at radius 2 is 1.97 bits per heavy atom. The zero-order valence-corrected chi connectivity index (χ0v) is 19.5. The number of aromatic nitrogens is 5. The Kier molecular flexibility index (Phi) is 5.31. The molecule has 4 aromatic heterocycles. The van der Waals surface area contributed by atoms with Gasteiger partial charge in [0.05, 0.1) is 10.7 Å². The standard InChI is InChI=1S/C23H22ClN5O2S/c1-23(2,30)18-8-6-14(11-25-18)20-22(32-19-9-7-15(24)12-26-19)29(3)21(27-20)16-10-17(31-28-16)13-4-5-13/h6-13,30H,4-5H2,1-3H3. The van der Waals surface area contributed by atoms with Crippen LogP contribution < -0.4 is 0 Å². The molecule has 1 saturated carbocycles. The highest BCUT2D eigenvalue weighted by Crippen LogP contribution is 2.42. The first-order valence-electron chi connectivity index (χ1n) is 10.3. The zero-order valence-electron chi connectivity index (χ0n) is 17.9. The first-order valence-corrected chi connectivity index (χ1v) is 11.5. The summed E-state index contributed by atoms with van der Waals surface area (Å²) in [5.74, 6) is 2.09. The molecular formula is C23H22ClN5O2S. The average Bonchev–Trinajstić information content (AvgIpc) is 3.42. The number of nitrogens with zero attached hydrogens (tertiary/aromatic N) is 5. The van der Waals surface area contributed by atoms with Gasteiger partial charge in [0.25, 0.3) is 0 Å². The molecule has 0 aromatic carbocycles. The maximum atomic E-state index is 10.2. The van der Waals surface area contributed by atoms with Crippen LogP contribution >= 0.6 is 23.4 Å². The molecule has 164 valence electrons. The normalized spacial score (nSPS) is 14.2. The van der Waals surface area contributed by atoms with Gasteiger partial charge in [-0.25, -0.2) is 9.97 Å². The Morgan fingerprint density at radius 3 is 2.59 bits per heavy atom. The number of aliphatic hydroxyl groups is 1. The number of hydrogen-bond acceptors (Lipinski definition) is 7. The zero-order chi connectivity index (χ0) is 22.5. The minimum absolute atomic E-state index is 0.474. The molecule has 0 radical (unpaired) electrons. The van der Waals surface area contributed by atoms with Gasteiger partial charge in [0.1, 0.15) is 32.8 Å². The molecule has 7 nitrogen and oxygen atoms in total. The van der Waals surface area contributed by atoms with Gasteiger partial charge in [-0.3, -0.25) is 4.98 Å². The molecule has 0 bridgehead atoms. The largest absolute Gasteiger partial charge is 0.384 e. The van der Waals surface area contributed by atoms with Gasteiger partial charge in [0, 0.05) is 37.0 Å². The number of hydrogen-bond donors (Lipinski definition) is 1. The van der Waals surface area contributed by atoms with Gasteiger partial charge >= 0.3 is 0 Å². The third-order valence-corrected chi connectivity index (χ3v) is 6.68. The summed E-state index contributed by atoms with van der Waals surface area (Å²) in [5, 5.41) is 16.8. The van der Waals surface area contributed by atoms with E-state index in [0.717, 1.165) is 39.9 Å². The van der Waals surface area contributed by atoms with Crippen molar-refractivity contribution >= 4 is 23.4 Å². The van der Waals surface area contributed by atoms with Crippen LogP contribution in [0.3, 0.4) is 0 Å². The lowest BCUT2D eigenvalue weighted by Crippen LogP contribution is -2.17. The second-order valence-electron chi connectivity index (χ2n) is 8.44. The lowest BCUT2D eigenvalue weighted by atomic mass is 10.0. The maximum absolute atomic E-state index is 10.2. The lowest BCUT2D eigenvalue weighted by Gasteiger charge is -2.16. The number of imidazole rings is 1. The van der Waals surface area contributed by atoms with E-state index in [1.807, 2.05) is 41.9 Å². The molecule has 1 N–H and O–H groups in total. The highest BCUT2D eigenvalue weighted by Gasteiger charge is 2.29.